The Balaban J connectivity index is 1.34. The summed E-state index contributed by atoms with van der Waals surface area (Å²) in [5.74, 6) is -0.308. The average Bonchev–Trinajstić information content (AvgIpc) is 3.82. The molecule has 48 heavy (non-hydrogen) atoms. The summed E-state index contributed by atoms with van der Waals surface area (Å²) in [5.41, 5.74) is 0.747. The van der Waals surface area contributed by atoms with E-state index >= 15 is 4.79 Å². The van der Waals surface area contributed by atoms with E-state index in [2.05, 4.69) is 40.6 Å². The summed E-state index contributed by atoms with van der Waals surface area (Å²) in [5, 5.41) is 3.52. The molecule has 3 aliphatic heterocycles. The predicted molar refractivity (Wildman–Crippen MR) is 192 cm³/mol. The van der Waals surface area contributed by atoms with Crippen LogP contribution in [0, 0.1) is 16.7 Å². The van der Waals surface area contributed by atoms with Crippen molar-refractivity contribution in [3.05, 3.63) is 46.4 Å². The van der Waals surface area contributed by atoms with E-state index < -0.39 is 11.5 Å². The molecule has 1 aromatic heterocycles. The number of rotatable bonds is 6. The third-order valence-electron chi connectivity index (χ3n) is 11.3. The first-order valence-corrected chi connectivity index (χ1v) is 19.0. The third kappa shape index (κ3) is 7.41. The lowest BCUT2D eigenvalue weighted by atomic mass is 9.74. The van der Waals surface area contributed by atoms with Crippen LogP contribution in [0.4, 0.5) is 5.13 Å². The van der Waals surface area contributed by atoms with Gasteiger partial charge in [0.15, 0.2) is 5.13 Å². The maximum absolute atomic E-state index is 15.0. The van der Waals surface area contributed by atoms with Gasteiger partial charge in [0.2, 0.25) is 17.7 Å². The maximum Gasteiger partial charge on any atom is 0.245 e. The topological polar surface area (TPSA) is 80.3 Å². The fraction of sp³-hybridized carbons (Fsp3) is 0.676. The van der Waals surface area contributed by atoms with Gasteiger partial charge < -0.3 is 24.5 Å². The number of hydrogen-bond acceptors (Lipinski definition) is 7. The van der Waals surface area contributed by atoms with Crippen molar-refractivity contribution >= 4 is 45.8 Å². The molecule has 4 aliphatic rings. The van der Waals surface area contributed by atoms with Gasteiger partial charge in [0.1, 0.15) is 6.04 Å². The zero-order valence-electron chi connectivity index (χ0n) is 29.5. The van der Waals surface area contributed by atoms with Gasteiger partial charge in [-0.2, -0.15) is 0 Å². The van der Waals surface area contributed by atoms with E-state index in [9.17, 15) is 9.59 Å². The number of likely N-dealkylation sites (N-methyl/N-ethyl adjacent to an activating group) is 1. The lowest BCUT2D eigenvalue weighted by Gasteiger charge is -2.45. The Morgan fingerprint density at radius 1 is 0.938 bits per heavy atom. The molecule has 2 aromatic rings. The number of aromatic nitrogens is 1. The van der Waals surface area contributed by atoms with E-state index in [1.165, 1.54) is 0 Å². The van der Waals surface area contributed by atoms with Crippen LogP contribution in [0.2, 0.25) is 5.02 Å². The molecular formula is C37H53ClN6O3S. The Hall–Kier alpha value is -2.69. The van der Waals surface area contributed by atoms with E-state index in [1.807, 2.05) is 60.2 Å². The Labute approximate surface area is 295 Å². The minimum absolute atomic E-state index is 0.00285. The lowest BCUT2D eigenvalue weighted by molar-refractivity contribution is -0.147. The van der Waals surface area contributed by atoms with Gasteiger partial charge in [0.05, 0.1) is 12.0 Å². The largest absolute Gasteiger partial charge is 0.347 e. The molecule has 0 spiro atoms. The minimum Gasteiger partial charge on any atom is -0.347 e. The summed E-state index contributed by atoms with van der Waals surface area (Å²) < 4.78 is 0. The summed E-state index contributed by atoms with van der Waals surface area (Å²) in [6, 6.07) is 7.12. The molecule has 0 unspecified atom stereocenters. The van der Waals surface area contributed by atoms with Gasteiger partial charge in [-0.05, 0) is 62.3 Å². The molecule has 3 saturated heterocycles. The number of amides is 3. The summed E-state index contributed by atoms with van der Waals surface area (Å²) in [6.07, 6.45) is 6.29. The number of halogens is 1. The second kappa shape index (κ2) is 13.9. The van der Waals surface area contributed by atoms with Crippen LogP contribution in [-0.2, 0) is 14.4 Å². The molecule has 11 heteroatoms. The molecule has 4 heterocycles. The van der Waals surface area contributed by atoms with Crippen LogP contribution in [0.5, 0.6) is 0 Å². The SMILES string of the molecule is CN1CCN(C(=O)[C@@H]2C[C@H](N(C(=O)C(C)(C)C)C3CCC(C)(C)CC3)CN2C(=O)[C@@H]2CN(c3nccs3)C[C@H]2c2ccc(Cl)cc2)CC1. The predicted octanol–water partition coefficient (Wildman–Crippen LogP) is 5.60. The normalized spacial score (nSPS) is 27.0. The number of hydrogen-bond donors (Lipinski definition) is 0. The highest BCUT2D eigenvalue weighted by molar-refractivity contribution is 7.13. The van der Waals surface area contributed by atoms with Gasteiger partial charge in [0, 0.05) is 79.8 Å². The van der Waals surface area contributed by atoms with Crippen LogP contribution in [0.15, 0.2) is 35.8 Å². The Morgan fingerprint density at radius 2 is 1.60 bits per heavy atom. The van der Waals surface area contributed by atoms with Crippen molar-refractivity contribution in [1.29, 1.82) is 0 Å². The van der Waals surface area contributed by atoms with Crippen LogP contribution in [0.25, 0.3) is 0 Å². The molecule has 0 N–H and O–H groups in total. The smallest absolute Gasteiger partial charge is 0.245 e. The van der Waals surface area contributed by atoms with Crippen molar-refractivity contribution in [1.82, 2.24) is 24.6 Å². The minimum atomic E-state index is -0.596. The van der Waals surface area contributed by atoms with E-state index in [1.54, 1.807) is 17.5 Å². The van der Waals surface area contributed by atoms with Gasteiger partial charge in [-0.3, -0.25) is 14.4 Å². The molecular weight excluding hydrogens is 644 g/mol. The number of benzene rings is 1. The highest BCUT2D eigenvalue weighted by atomic mass is 35.5. The van der Waals surface area contributed by atoms with Crippen LogP contribution < -0.4 is 4.90 Å². The van der Waals surface area contributed by atoms with Crippen molar-refractivity contribution in [2.24, 2.45) is 16.7 Å². The standard InChI is InChI=1S/C37H53ClN6O3S/c1-36(2,3)34(47)44(27-11-13-37(4,5)14-12-27)28-21-31(33(46)41-18-16-40(6)17-19-41)43(22-28)32(45)30-24-42(35-39-15-20-48-35)23-29(30)25-7-9-26(38)10-8-25/h7-10,15,20,27-31H,11-14,16-19,21-24H2,1-6H3/t28-,29-,30+,31-/m0/s1. The number of anilines is 1. The summed E-state index contributed by atoms with van der Waals surface area (Å²) in [7, 11) is 2.08. The van der Waals surface area contributed by atoms with Crippen LogP contribution >= 0.6 is 22.9 Å². The quantitative estimate of drug-likeness (QED) is 0.391. The maximum atomic E-state index is 15.0. The van der Waals surface area contributed by atoms with Gasteiger partial charge in [-0.25, -0.2) is 4.98 Å². The number of likely N-dealkylation sites (tertiary alicyclic amines) is 1. The van der Waals surface area contributed by atoms with Crippen molar-refractivity contribution in [3.63, 3.8) is 0 Å². The molecule has 3 amide bonds. The van der Waals surface area contributed by atoms with Crippen molar-refractivity contribution in [3.8, 4) is 0 Å². The molecule has 262 valence electrons. The van der Waals surface area contributed by atoms with Crippen LogP contribution in [-0.4, -0.2) is 113 Å². The molecule has 4 fully saturated rings. The zero-order chi connectivity index (χ0) is 34.4. The van der Waals surface area contributed by atoms with E-state index in [0.29, 0.717) is 44.2 Å². The second-order valence-corrected chi connectivity index (χ2v) is 17.7. The van der Waals surface area contributed by atoms with E-state index in [-0.39, 0.29) is 47.1 Å². The van der Waals surface area contributed by atoms with Gasteiger partial charge >= 0.3 is 0 Å². The molecule has 1 aliphatic carbocycles. The highest BCUT2D eigenvalue weighted by Gasteiger charge is 2.51. The molecule has 6 rings (SSSR count). The first-order chi connectivity index (χ1) is 22.7. The molecule has 0 radical (unpaired) electrons. The Bertz CT molecular complexity index is 1440. The molecule has 0 bridgehead atoms. The molecule has 4 atom stereocenters. The number of nitrogens with zero attached hydrogens (tertiary/aromatic N) is 6. The monoisotopic (exact) mass is 696 g/mol. The summed E-state index contributed by atoms with van der Waals surface area (Å²) in [6.45, 7) is 15.1. The fourth-order valence-corrected chi connectivity index (χ4v) is 9.04. The van der Waals surface area contributed by atoms with Crippen LogP contribution in [0.3, 0.4) is 0 Å². The number of piperazine rings is 1. The second-order valence-electron chi connectivity index (χ2n) is 16.4. The Morgan fingerprint density at radius 3 is 2.21 bits per heavy atom. The summed E-state index contributed by atoms with van der Waals surface area (Å²) in [4.78, 5) is 58.7. The summed E-state index contributed by atoms with van der Waals surface area (Å²) >= 11 is 7.85. The fourth-order valence-electron chi connectivity index (χ4n) is 8.25. The van der Waals surface area contributed by atoms with Gasteiger partial charge in [-0.1, -0.05) is 58.4 Å². The van der Waals surface area contributed by atoms with E-state index in [0.717, 1.165) is 49.5 Å². The third-order valence-corrected chi connectivity index (χ3v) is 12.3. The van der Waals surface area contributed by atoms with Crippen molar-refractivity contribution in [2.75, 3.05) is 57.8 Å². The zero-order valence-corrected chi connectivity index (χ0v) is 31.1. The van der Waals surface area contributed by atoms with Crippen molar-refractivity contribution < 1.29 is 14.4 Å². The molecule has 1 aromatic carbocycles. The van der Waals surface area contributed by atoms with Gasteiger partial charge in [0.25, 0.3) is 0 Å². The van der Waals surface area contributed by atoms with Crippen LogP contribution in [0.1, 0.15) is 78.2 Å². The number of carbonyl (C=O) groups excluding carboxylic acids is 3. The van der Waals surface area contributed by atoms with Gasteiger partial charge in [-0.15, -0.1) is 11.3 Å². The highest BCUT2D eigenvalue weighted by Crippen LogP contribution is 2.42. The average molecular weight is 697 g/mol. The first kappa shape index (κ1) is 35.1. The van der Waals surface area contributed by atoms with Crippen molar-refractivity contribution in [2.45, 2.75) is 90.8 Å². The number of thiazole rings is 1. The molecule has 9 nitrogen and oxygen atoms in total. The first-order valence-electron chi connectivity index (χ1n) is 17.7. The molecule has 1 saturated carbocycles. The lowest BCUT2D eigenvalue weighted by Crippen LogP contribution is -2.54. The Kier molecular flexibility index (Phi) is 10.2. The number of carbonyl (C=O) groups is 3. The van der Waals surface area contributed by atoms with E-state index in [4.69, 9.17) is 11.6 Å².